The number of hydrogen-bond acceptors (Lipinski definition) is 3. The van der Waals surface area contributed by atoms with E-state index in [-0.39, 0.29) is 6.61 Å². The molecular formula is C9H22N2O. The monoisotopic (exact) mass is 174 g/mol. The molecule has 0 aromatic heterocycles. The summed E-state index contributed by atoms with van der Waals surface area (Å²) in [6, 6.07) is 0. The van der Waals surface area contributed by atoms with Gasteiger partial charge in [0.15, 0.2) is 0 Å². The molecule has 0 fully saturated rings. The molecule has 0 aliphatic rings. The summed E-state index contributed by atoms with van der Waals surface area (Å²) >= 11 is 0. The van der Waals surface area contributed by atoms with Gasteiger partial charge in [-0.1, -0.05) is 13.3 Å². The van der Waals surface area contributed by atoms with Gasteiger partial charge in [-0.3, -0.25) is 0 Å². The van der Waals surface area contributed by atoms with E-state index >= 15 is 0 Å². The lowest BCUT2D eigenvalue weighted by molar-refractivity contribution is 0.225. The Morgan fingerprint density at radius 1 is 1.17 bits per heavy atom. The zero-order valence-electron chi connectivity index (χ0n) is 8.13. The van der Waals surface area contributed by atoms with Crippen LogP contribution in [0.2, 0.25) is 0 Å². The summed E-state index contributed by atoms with van der Waals surface area (Å²) in [6.45, 7) is 6.25. The van der Waals surface area contributed by atoms with E-state index in [4.69, 9.17) is 10.8 Å². The Bertz CT molecular complexity index is 80.6. The van der Waals surface area contributed by atoms with Crippen molar-refractivity contribution in [3.63, 3.8) is 0 Å². The first-order valence-corrected chi connectivity index (χ1v) is 4.88. The van der Waals surface area contributed by atoms with Crippen LogP contribution in [-0.2, 0) is 0 Å². The molecule has 12 heavy (non-hydrogen) atoms. The van der Waals surface area contributed by atoms with Gasteiger partial charge in [-0.05, 0) is 19.4 Å². The summed E-state index contributed by atoms with van der Waals surface area (Å²) in [5, 5.41) is 8.65. The molecule has 0 rings (SSSR count). The normalized spacial score (nSPS) is 11.0. The van der Waals surface area contributed by atoms with Gasteiger partial charge in [0.05, 0.1) is 0 Å². The maximum Gasteiger partial charge on any atom is 0.0443 e. The number of hydrogen-bond donors (Lipinski definition) is 2. The summed E-state index contributed by atoms with van der Waals surface area (Å²) in [6.07, 6.45) is 3.31. The van der Waals surface area contributed by atoms with Gasteiger partial charge in [0.2, 0.25) is 0 Å². The summed E-state index contributed by atoms with van der Waals surface area (Å²) in [5.41, 5.74) is 5.47. The average molecular weight is 174 g/mol. The number of aliphatic hydroxyl groups excluding tert-OH is 1. The van der Waals surface area contributed by atoms with Crippen LogP contribution in [0, 0.1) is 0 Å². The summed E-state index contributed by atoms with van der Waals surface area (Å²) in [5.74, 6) is 0. The van der Waals surface area contributed by atoms with Crippen LogP contribution < -0.4 is 5.73 Å². The fourth-order valence-electron chi connectivity index (χ4n) is 1.19. The van der Waals surface area contributed by atoms with E-state index in [1.54, 1.807) is 0 Å². The van der Waals surface area contributed by atoms with E-state index < -0.39 is 0 Å². The van der Waals surface area contributed by atoms with Crippen molar-refractivity contribution in [2.24, 2.45) is 5.73 Å². The van der Waals surface area contributed by atoms with Crippen LogP contribution in [0.4, 0.5) is 0 Å². The van der Waals surface area contributed by atoms with Gasteiger partial charge >= 0.3 is 0 Å². The van der Waals surface area contributed by atoms with E-state index in [1.807, 2.05) is 0 Å². The SMILES string of the molecule is CCCCN(CCN)CCCO. The lowest BCUT2D eigenvalue weighted by Gasteiger charge is -2.20. The molecule has 3 nitrogen and oxygen atoms in total. The van der Waals surface area contributed by atoms with Crippen molar-refractivity contribution in [3.05, 3.63) is 0 Å². The first-order valence-electron chi connectivity index (χ1n) is 4.88. The van der Waals surface area contributed by atoms with Crippen LogP contribution >= 0.6 is 0 Å². The molecule has 0 amide bonds. The van der Waals surface area contributed by atoms with Gasteiger partial charge in [-0.25, -0.2) is 0 Å². The van der Waals surface area contributed by atoms with Crippen molar-refractivity contribution < 1.29 is 5.11 Å². The largest absolute Gasteiger partial charge is 0.396 e. The van der Waals surface area contributed by atoms with E-state index in [1.165, 1.54) is 12.8 Å². The second kappa shape index (κ2) is 8.97. The van der Waals surface area contributed by atoms with Crippen molar-refractivity contribution in [2.75, 3.05) is 32.8 Å². The third-order valence-corrected chi connectivity index (χ3v) is 1.91. The van der Waals surface area contributed by atoms with E-state index in [2.05, 4.69) is 11.8 Å². The highest BCUT2D eigenvalue weighted by Crippen LogP contribution is 1.95. The molecule has 0 atom stereocenters. The van der Waals surface area contributed by atoms with Crippen LogP contribution in [0.25, 0.3) is 0 Å². The van der Waals surface area contributed by atoms with Gasteiger partial charge in [0, 0.05) is 26.2 Å². The molecule has 0 aliphatic carbocycles. The smallest absolute Gasteiger partial charge is 0.0443 e. The Hall–Kier alpha value is -0.120. The van der Waals surface area contributed by atoms with Crippen LogP contribution in [0.3, 0.4) is 0 Å². The third kappa shape index (κ3) is 6.58. The average Bonchev–Trinajstić information content (AvgIpc) is 2.10. The molecule has 3 N–H and O–H groups in total. The lowest BCUT2D eigenvalue weighted by Crippen LogP contribution is -2.31. The van der Waals surface area contributed by atoms with Crippen LogP contribution in [0.15, 0.2) is 0 Å². The zero-order valence-corrected chi connectivity index (χ0v) is 8.13. The fourth-order valence-corrected chi connectivity index (χ4v) is 1.19. The third-order valence-electron chi connectivity index (χ3n) is 1.91. The van der Waals surface area contributed by atoms with Crippen LogP contribution in [0.5, 0.6) is 0 Å². The van der Waals surface area contributed by atoms with Crippen LogP contribution in [0.1, 0.15) is 26.2 Å². The molecule has 0 spiro atoms. The molecule has 3 heteroatoms. The topological polar surface area (TPSA) is 49.5 Å². The molecule has 0 bridgehead atoms. The van der Waals surface area contributed by atoms with E-state index in [9.17, 15) is 0 Å². The summed E-state index contributed by atoms with van der Waals surface area (Å²) in [7, 11) is 0. The Kier molecular flexibility index (Phi) is 8.88. The van der Waals surface area contributed by atoms with Crippen molar-refractivity contribution in [3.8, 4) is 0 Å². The van der Waals surface area contributed by atoms with Crippen LogP contribution in [-0.4, -0.2) is 42.8 Å². The van der Waals surface area contributed by atoms with E-state index in [0.717, 1.165) is 32.6 Å². The minimum Gasteiger partial charge on any atom is -0.396 e. The quantitative estimate of drug-likeness (QED) is 0.561. The van der Waals surface area contributed by atoms with Gasteiger partial charge in [0.25, 0.3) is 0 Å². The molecular weight excluding hydrogens is 152 g/mol. The predicted molar refractivity (Wildman–Crippen MR) is 52.1 cm³/mol. The molecule has 0 aromatic carbocycles. The van der Waals surface area contributed by atoms with Crippen molar-refractivity contribution >= 4 is 0 Å². The molecule has 0 radical (unpaired) electrons. The van der Waals surface area contributed by atoms with Crippen molar-refractivity contribution in [2.45, 2.75) is 26.2 Å². The number of aliphatic hydroxyl groups is 1. The number of nitrogens with two attached hydrogens (primary N) is 1. The first-order chi connectivity index (χ1) is 5.85. The summed E-state index contributed by atoms with van der Waals surface area (Å²) < 4.78 is 0. The van der Waals surface area contributed by atoms with E-state index in [0.29, 0.717) is 0 Å². The highest BCUT2D eigenvalue weighted by molar-refractivity contribution is 4.57. The highest BCUT2D eigenvalue weighted by atomic mass is 16.3. The van der Waals surface area contributed by atoms with Crippen molar-refractivity contribution in [1.29, 1.82) is 0 Å². The second-order valence-electron chi connectivity index (χ2n) is 3.06. The molecule has 0 aromatic rings. The maximum absolute atomic E-state index is 8.65. The summed E-state index contributed by atoms with van der Waals surface area (Å²) in [4.78, 5) is 2.32. The highest BCUT2D eigenvalue weighted by Gasteiger charge is 2.01. The number of rotatable bonds is 8. The Labute approximate surface area is 75.6 Å². The molecule has 0 unspecified atom stereocenters. The molecule has 74 valence electrons. The number of unbranched alkanes of at least 4 members (excludes halogenated alkanes) is 1. The second-order valence-corrected chi connectivity index (χ2v) is 3.06. The minimum absolute atomic E-state index is 0.285. The molecule has 0 saturated carbocycles. The van der Waals surface area contributed by atoms with Gasteiger partial charge in [-0.15, -0.1) is 0 Å². The molecule has 0 heterocycles. The Morgan fingerprint density at radius 3 is 2.33 bits per heavy atom. The Morgan fingerprint density at radius 2 is 1.83 bits per heavy atom. The fraction of sp³-hybridized carbons (Fsp3) is 1.00. The van der Waals surface area contributed by atoms with Gasteiger partial charge < -0.3 is 15.7 Å². The lowest BCUT2D eigenvalue weighted by atomic mass is 10.3. The van der Waals surface area contributed by atoms with Gasteiger partial charge in [-0.2, -0.15) is 0 Å². The standard InChI is InChI=1S/C9H22N2O/c1-2-3-6-11(8-5-10)7-4-9-12/h12H,2-10H2,1H3. The van der Waals surface area contributed by atoms with Crippen molar-refractivity contribution in [1.82, 2.24) is 4.90 Å². The molecule has 0 aliphatic heterocycles. The maximum atomic E-state index is 8.65. The minimum atomic E-state index is 0.285. The van der Waals surface area contributed by atoms with Gasteiger partial charge in [0.1, 0.15) is 0 Å². The number of nitrogens with zero attached hydrogens (tertiary/aromatic N) is 1. The first kappa shape index (κ1) is 11.9. The molecule has 0 saturated heterocycles. The zero-order chi connectivity index (χ0) is 9.23. The predicted octanol–water partition coefficient (Wildman–Crippen LogP) is 0.430. The Balaban J connectivity index is 3.40.